The van der Waals surface area contributed by atoms with Gasteiger partial charge in [0.15, 0.2) is 0 Å². The van der Waals surface area contributed by atoms with Crippen LogP contribution in [0.1, 0.15) is 49.1 Å². The molecule has 1 aliphatic carbocycles. The van der Waals surface area contributed by atoms with E-state index in [0.717, 1.165) is 26.1 Å². The van der Waals surface area contributed by atoms with E-state index in [0.29, 0.717) is 11.8 Å². The number of rotatable bonds is 2. The Morgan fingerprint density at radius 3 is 2.68 bits per heavy atom. The number of imidazole rings is 1. The molecule has 0 radical (unpaired) electrons. The summed E-state index contributed by atoms with van der Waals surface area (Å²) in [5.41, 5.74) is 5.66. The van der Waals surface area contributed by atoms with Gasteiger partial charge in [0.1, 0.15) is 0 Å². The van der Waals surface area contributed by atoms with Crippen molar-refractivity contribution in [2.75, 3.05) is 13.1 Å². The highest BCUT2D eigenvalue weighted by Gasteiger charge is 2.31. The fourth-order valence-corrected chi connectivity index (χ4v) is 3.83. The van der Waals surface area contributed by atoms with E-state index in [9.17, 15) is 0 Å². The molecule has 0 amide bonds. The van der Waals surface area contributed by atoms with Crippen molar-refractivity contribution in [2.24, 2.45) is 0 Å². The summed E-state index contributed by atoms with van der Waals surface area (Å²) in [5, 5.41) is 3.62. The lowest BCUT2D eigenvalue weighted by molar-refractivity contribution is 0.550. The van der Waals surface area contributed by atoms with Crippen LogP contribution in [0.15, 0.2) is 18.5 Å². The number of hydrogen-bond acceptors (Lipinski definition) is 2. The molecular weight excluding hydrogens is 234 g/mol. The minimum atomic E-state index is 0.703. The maximum absolute atomic E-state index is 4.60. The number of hydrogen-bond donors (Lipinski definition) is 1. The number of nitrogens with zero attached hydrogens (tertiary/aromatic N) is 2. The second-order valence-electron chi connectivity index (χ2n) is 6.04. The first-order chi connectivity index (χ1) is 9.36. The minimum absolute atomic E-state index is 0.703. The SMILES string of the molecule is CCCn1cnc2cc3c(cc21)C1CCC3CNC1. The summed E-state index contributed by atoms with van der Waals surface area (Å²) in [5.74, 6) is 1.41. The van der Waals surface area contributed by atoms with Crippen LogP contribution in [0.4, 0.5) is 0 Å². The molecule has 2 unspecified atom stereocenters. The standard InChI is InChI=1S/C16H21N3/c1-2-5-19-10-18-15-6-13-11-3-4-12(9-17-8-11)14(13)7-16(15)19/h6-7,10-12,17H,2-5,8-9H2,1H3. The summed E-state index contributed by atoms with van der Waals surface area (Å²) >= 11 is 0. The summed E-state index contributed by atoms with van der Waals surface area (Å²) in [6.45, 7) is 5.59. The lowest BCUT2D eigenvalue weighted by Crippen LogP contribution is -2.18. The first-order valence-electron chi connectivity index (χ1n) is 7.56. The van der Waals surface area contributed by atoms with Crippen molar-refractivity contribution in [3.05, 3.63) is 29.6 Å². The molecule has 0 spiro atoms. The normalized spacial score (nSPS) is 25.5. The molecule has 1 fully saturated rings. The lowest BCUT2D eigenvalue weighted by Gasteiger charge is -2.26. The van der Waals surface area contributed by atoms with Crippen molar-refractivity contribution >= 4 is 11.0 Å². The fourth-order valence-electron chi connectivity index (χ4n) is 3.83. The molecule has 3 heterocycles. The Morgan fingerprint density at radius 2 is 1.95 bits per heavy atom. The van der Waals surface area contributed by atoms with Gasteiger partial charge in [-0.05, 0) is 54.4 Å². The average Bonchev–Trinajstić information content (AvgIpc) is 2.63. The molecule has 3 nitrogen and oxygen atoms in total. The van der Waals surface area contributed by atoms with Crippen molar-refractivity contribution in [1.82, 2.24) is 14.9 Å². The molecule has 3 aliphatic rings. The number of fused-ring (bicyclic) bond motifs is 4. The van der Waals surface area contributed by atoms with E-state index in [4.69, 9.17) is 0 Å². The van der Waals surface area contributed by atoms with Gasteiger partial charge in [0.05, 0.1) is 17.4 Å². The van der Waals surface area contributed by atoms with Crippen LogP contribution in [0, 0.1) is 0 Å². The second kappa shape index (κ2) is 4.34. The molecule has 1 aromatic heterocycles. The molecule has 100 valence electrons. The number of aryl methyl sites for hydroxylation is 1. The summed E-state index contributed by atoms with van der Waals surface area (Å²) < 4.78 is 2.31. The van der Waals surface area contributed by atoms with Crippen molar-refractivity contribution in [3.8, 4) is 0 Å². The summed E-state index contributed by atoms with van der Waals surface area (Å²) in [6, 6.07) is 4.79. The van der Waals surface area contributed by atoms with Gasteiger partial charge in [-0.25, -0.2) is 4.98 Å². The van der Waals surface area contributed by atoms with Gasteiger partial charge in [-0.15, -0.1) is 0 Å². The lowest BCUT2D eigenvalue weighted by atomic mass is 9.78. The largest absolute Gasteiger partial charge is 0.331 e. The van der Waals surface area contributed by atoms with E-state index in [-0.39, 0.29) is 0 Å². The molecule has 5 rings (SSSR count). The van der Waals surface area contributed by atoms with E-state index in [1.807, 2.05) is 6.33 Å². The van der Waals surface area contributed by atoms with E-state index < -0.39 is 0 Å². The van der Waals surface area contributed by atoms with Gasteiger partial charge in [0.25, 0.3) is 0 Å². The van der Waals surface area contributed by atoms with Crippen LogP contribution < -0.4 is 5.32 Å². The molecular formula is C16H21N3. The third-order valence-corrected chi connectivity index (χ3v) is 4.82. The Kier molecular flexibility index (Phi) is 2.62. The number of nitrogens with one attached hydrogen (secondary N) is 1. The maximum Gasteiger partial charge on any atom is 0.0958 e. The Morgan fingerprint density at radius 1 is 1.21 bits per heavy atom. The minimum Gasteiger partial charge on any atom is -0.331 e. The first-order valence-corrected chi connectivity index (χ1v) is 7.56. The third-order valence-electron chi connectivity index (χ3n) is 4.82. The molecule has 2 atom stereocenters. The van der Waals surface area contributed by atoms with Crippen LogP contribution in [-0.2, 0) is 6.54 Å². The highest BCUT2D eigenvalue weighted by molar-refractivity contribution is 5.78. The van der Waals surface area contributed by atoms with Gasteiger partial charge in [0, 0.05) is 19.6 Å². The van der Waals surface area contributed by atoms with Gasteiger partial charge in [0.2, 0.25) is 0 Å². The molecule has 3 heteroatoms. The topological polar surface area (TPSA) is 29.9 Å². The predicted molar refractivity (Wildman–Crippen MR) is 77.6 cm³/mol. The zero-order valence-corrected chi connectivity index (χ0v) is 11.5. The fraction of sp³-hybridized carbons (Fsp3) is 0.562. The molecule has 0 saturated carbocycles. The Labute approximate surface area is 114 Å². The van der Waals surface area contributed by atoms with Crippen LogP contribution in [0.25, 0.3) is 11.0 Å². The highest BCUT2D eigenvalue weighted by atomic mass is 15.0. The predicted octanol–water partition coefficient (Wildman–Crippen LogP) is 3.01. The Balaban J connectivity index is 1.91. The average molecular weight is 255 g/mol. The molecule has 1 aromatic carbocycles. The van der Waals surface area contributed by atoms with E-state index in [1.165, 1.54) is 23.9 Å². The van der Waals surface area contributed by atoms with Gasteiger partial charge in [-0.1, -0.05) is 6.92 Å². The second-order valence-corrected chi connectivity index (χ2v) is 6.04. The van der Waals surface area contributed by atoms with Crippen molar-refractivity contribution in [2.45, 2.75) is 44.6 Å². The van der Waals surface area contributed by atoms with Crippen LogP contribution in [0.3, 0.4) is 0 Å². The van der Waals surface area contributed by atoms with Crippen LogP contribution in [0.5, 0.6) is 0 Å². The van der Waals surface area contributed by atoms with Crippen LogP contribution in [-0.4, -0.2) is 22.6 Å². The Hall–Kier alpha value is -1.35. The van der Waals surface area contributed by atoms with E-state index in [2.05, 4.69) is 33.9 Å². The van der Waals surface area contributed by atoms with Crippen LogP contribution >= 0.6 is 0 Å². The zero-order valence-electron chi connectivity index (χ0n) is 11.5. The smallest absolute Gasteiger partial charge is 0.0958 e. The Bertz CT molecular complexity index is 610. The van der Waals surface area contributed by atoms with E-state index >= 15 is 0 Å². The quantitative estimate of drug-likeness (QED) is 0.894. The number of aromatic nitrogens is 2. The highest BCUT2D eigenvalue weighted by Crippen LogP contribution is 2.41. The number of benzene rings is 1. The molecule has 19 heavy (non-hydrogen) atoms. The molecule has 2 aromatic rings. The summed E-state index contributed by atoms with van der Waals surface area (Å²) in [7, 11) is 0. The van der Waals surface area contributed by atoms with Crippen molar-refractivity contribution < 1.29 is 0 Å². The van der Waals surface area contributed by atoms with Crippen LogP contribution in [0.2, 0.25) is 0 Å². The van der Waals surface area contributed by atoms with E-state index in [1.54, 1.807) is 11.1 Å². The maximum atomic E-state index is 4.60. The molecule has 1 N–H and O–H groups in total. The monoisotopic (exact) mass is 255 g/mol. The zero-order chi connectivity index (χ0) is 12.8. The summed E-state index contributed by atoms with van der Waals surface area (Å²) in [4.78, 5) is 4.60. The molecule has 2 aliphatic heterocycles. The van der Waals surface area contributed by atoms with Gasteiger partial charge in [-0.2, -0.15) is 0 Å². The molecule has 1 saturated heterocycles. The van der Waals surface area contributed by atoms with Gasteiger partial charge >= 0.3 is 0 Å². The first kappa shape index (κ1) is 11.5. The molecule has 2 bridgehead atoms. The van der Waals surface area contributed by atoms with Gasteiger partial charge in [-0.3, -0.25) is 0 Å². The summed E-state index contributed by atoms with van der Waals surface area (Å²) in [6.07, 6.45) is 5.85. The van der Waals surface area contributed by atoms with Gasteiger partial charge < -0.3 is 9.88 Å². The van der Waals surface area contributed by atoms with Crippen molar-refractivity contribution in [1.29, 1.82) is 0 Å². The third kappa shape index (κ3) is 1.71. The van der Waals surface area contributed by atoms with Crippen molar-refractivity contribution in [3.63, 3.8) is 0 Å².